The van der Waals surface area contributed by atoms with Crippen LogP contribution in [0, 0.1) is 5.82 Å². The van der Waals surface area contributed by atoms with E-state index in [1.54, 1.807) is 12.1 Å². The van der Waals surface area contributed by atoms with E-state index in [4.69, 9.17) is 4.74 Å². The molecule has 0 amide bonds. The van der Waals surface area contributed by atoms with Crippen LogP contribution in [0.1, 0.15) is 36.6 Å². The maximum atomic E-state index is 13.5. The van der Waals surface area contributed by atoms with Crippen molar-refractivity contribution in [3.05, 3.63) is 63.9 Å². The van der Waals surface area contributed by atoms with Crippen molar-refractivity contribution >= 4 is 15.9 Å². The lowest BCUT2D eigenvalue weighted by Gasteiger charge is -2.33. The van der Waals surface area contributed by atoms with Crippen LogP contribution >= 0.6 is 15.9 Å². The molecule has 2 aromatic carbocycles. The topological polar surface area (TPSA) is 21.3 Å². The molecule has 2 nitrogen and oxygen atoms in total. The Bertz CT molecular complexity index is 629. The highest BCUT2D eigenvalue weighted by Crippen LogP contribution is 2.41. The fourth-order valence-corrected chi connectivity index (χ4v) is 3.03. The third-order valence-corrected chi connectivity index (χ3v) is 4.29. The second kappa shape index (κ2) is 6.16. The van der Waals surface area contributed by atoms with Gasteiger partial charge in [0.1, 0.15) is 17.7 Å². The van der Waals surface area contributed by atoms with E-state index in [1.807, 2.05) is 12.1 Å². The largest absolute Gasteiger partial charge is 0.485 e. The molecule has 21 heavy (non-hydrogen) atoms. The molecule has 3 rings (SSSR count). The van der Waals surface area contributed by atoms with Gasteiger partial charge in [-0.3, -0.25) is 0 Å². The molecule has 0 saturated heterocycles. The predicted molar refractivity (Wildman–Crippen MR) is 84.9 cm³/mol. The zero-order chi connectivity index (χ0) is 14.8. The van der Waals surface area contributed by atoms with Crippen molar-refractivity contribution in [3.8, 4) is 5.75 Å². The van der Waals surface area contributed by atoms with Gasteiger partial charge >= 0.3 is 0 Å². The second-order valence-corrected chi connectivity index (χ2v) is 6.10. The third kappa shape index (κ3) is 3.11. The van der Waals surface area contributed by atoms with Crippen LogP contribution in [0.3, 0.4) is 0 Å². The molecule has 0 fully saturated rings. The Morgan fingerprint density at radius 2 is 2.00 bits per heavy atom. The lowest BCUT2D eigenvalue weighted by molar-refractivity contribution is 0.151. The minimum absolute atomic E-state index is 0.0138. The summed E-state index contributed by atoms with van der Waals surface area (Å²) in [6, 6.07) is 13.0. The lowest BCUT2D eigenvalue weighted by atomic mass is 9.93. The van der Waals surface area contributed by atoms with Crippen molar-refractivity contribution in [2.45, 2.75) is 25.5 Å². The highest BCUT2D eigenvalue weighted by atomic mass is 79.9. The maximum Gasteiger partial charge on any atom is 0.126 e. The molecule has 0 aromatic heterocycles. The molecule has 2 aromatic rings. The molecule has 0 saturated carbocycles. The fraction of sp³-hybridized carbons (Fsp3) is 0.294. The van der Waals surface area contributed by atoms with Gasteiger partial charge in [-0.05, 0) is 42.4 Å². The van der Waals surface area contributed by atoms with E-state index in [0.717, 1.165) is 34.3 Å². The smallest absolute Gasteiger partial charge is 0.126 e. The number of hydrogen-bond acceptors (Lipinski definition) is 2. The first kappa shape index (κ1) is 14.5. The molecule has 2 atom stereocenters. The Labute approximate surface area is 132 Å². The zero-order valence-electron chi connectivity index (χ0n) is 11.8. The average molecular weight is 350 g/mol. The molecule has 1 N–H and O–H groups in total. The van der Waals surface area contributed by atoms with Gasteiger partial charge < -0.3 is 10.1 Å². The van der Waals surface area contributed by atoms with E-state index in [0.29, 0.717) is 0 Å². The first-order valence-electron chi connectivity index (χ1n) is 7.12. The zero-order valence-corrected chi connectivity index (χ0v) is 13.4. The monoisotopic (exact) mass is 349 g/mol. The number of hydrogen-bond donors (Lipinski definition) is 1. The molecule has 0 spiro atoms. The number of halogens is 2. The van der Waals surface area contributed by atoms with Gasteiger partial charge in [-0.25, -0.2) is 4.39 Å². The molecule has 1 heterocycles. The first-order chi connectivity index (χ1) is 10.2. The normalized spacial score (nSPS) is 20.7. The number of ether oxygens (including phenoxy) is 1. The fourth-order valence-electron chi connectivity index (χ4n) is 2.76. The summed E-state index contributed by atoms with van der Waals surface area (Å²) >= 11 is 3.45. The van der Waals surface area contributed by atoms with Crippen LogP contribution in [0.4, 0.5) is 4.39 Å². The molecule has 0 bridgehead atoms. The van der Waals surface area contributed by atoms with Crippen molar-refractivity contribution in [1.29, 1.82) is 0 Å². The standard InChI is InChI=1S/C17H17BrFNO/c1-2-20-15-10-17(11-3-5-12(18)6-4-11)21-16-8-7-13(19)9-14(15)16/h3-9,15,17,20H,2,10H2,1H3. The average Bonchev–Trinajstić information content (AvgIpc) is 2.48. The second-order valence-electron chi connectivity index (χ2n) is 5.19. The van der Waals surface area contributed by atoms with Gasteiger partial charge in [-0.15, -0.1) is 0 Å². The van der Waals surface area contributed by atoms with E-state index in [2.05, 4.69) is 40.3 Å². The van der Waals surface area contributed by atoms with Crippen LogP contribution in [0.15, 0.2) is 46.9 Å². The Balaban J connectivity index is 1.93. The Kier molecular flexibility index (Phi) is 4.27. The summed E-state index contributed by atoms with van der Waals surface area (Å²) in [4.78, 5) is 0. The van der Waals surface area contributed by atoms with Crippen LogP contribution in [-0.4, -0.2) is 6.54 Å². The first-order valence-corrected chi connectivity index (χ1v) is 7.91. The van der Waals surface area contributed by atoms with E-state index in [-0.39, 0.29) is 18.0 Å². The van der Waals surface area contributed by atoms with Crippen LogP contribution in [0.2, 0.25) is 0 Å². The van der Waals surface area contributed by atoms with Gasteiger partial charge in [0.2, 0.25) is 0 Å². The van der Waals surface area contributed by atoms with E-state index in [1.165, 1.54) is 6.07 Å². The van der Waals surface area contributed by atoms with Crippen molar-refractivity contribution in [2.75, 3.05) is 6.54 Å². The molecule has 2 unspecified atom stereocenters. The molecule has 1 aliphatic heterocycles. The molecule has 4 heteroatoms. The van der Waals surface area contributed by atoms with Gasteiger partial charge in [0.25, 0.3) is 0 Å². The Hall–Kier alpha value is -1.39. The molecule has 1 aliphatic rings. The molecule has 0 aliphatic carbocycles. The molecule has 110 valence electrons. The summed E-state index contributed by atoms with van der Waals surface area (Å²) in [5.74, 6) is 0.545. The molecular formula is C17H17BrFNO. The molecular weight excluding hydrogens is 333 g/mol. The van der Waals surface area contributed by atoms with Gasteiger partial charge in [-0.1, -0.05) is 35.0 Å². The molecule has 0 radical (unpaired) electrons. The van der Waals surface area contributed by atoms with Gasteiger partial charge in [0, 0.05) is 22.5 Å². The van der Waals surface area contributed by atoms with E-state index >= 15 is 0 Å². The Morgan fingerprint density at radius 3 is 2.71 bits per heavy atom. The quantitative estimate of drug-likeness (QED) is 0.862. The predicted octanol–water partition coefficient (Wildman–Crippen LogP) is 4.76. The van der Waals surface area contributed by atoms with Crippen molar-refractivity contribution in [1.82, 2.24) is 5.32 Å². The van der Waals surface area contributed by atoms with Crippen LogP contribution in [0.5, 0.6) is 5.75 Å². The van der Waals surface area contributed by atoms with Crippen LogP contribution in [0.25, 0.3) is 0 Å². The summed E-state index contributed by atoms with van der Waals surface area (Å²) in [5, 5.41) is 3.42. The number of nitrogens with one attached hydrogen (secondary N) is 1. The summed E-state index contributed by atoms with van der Waals surface area (Å²) in [6.07, 6.45) is 0.784. The van der Waals surface area contributed by atoms with Gasteiger partial charge in [-0.2, -0.15) is 0 Å². The summed E-state index contributed by atoms with van der Waals surface area (Å²) in [7, 11) is 0. The highest BCUT2D eigenvalue weighted by molar-refractivity contribution is 9.10. The number of rotatable bonds is 3. The van der Waals surface area contributed by atoms with Crippen molar-refractivity contribution < 1.29 is 9.13 Å². The summed E-state index contributed by atoms with van der Waals surface area (Å²) in [6.45, 7) is 2.90. The lowest BCUT2D eigenvalue weighted by Crippen LogP contribution is -2.29. The van der Waals surface area contributed by atoms with E-state index < -0.39 is 0 Å². The maximum absolute atomic E-state index is 13.5. The van der Waals surface area contributed by atoms with Gasteiger partial charge in [0.15, 0.2) is 0 Å². The minimum Gasteiger partial charge on any atom is -0.485 e. The van der Waals surface area contributed by atoms with Crippen LogP contribution in [-0.2, 0) is 0 Å². The van der Waals surface area contributed by atoms with Crippen molar-refractivity contribution in [3.63, 3.8) is 0 Å². The highest BCUT2D eigenvalue weighted by Gasteiger charge is 2.29. The van der Waals surface area contributed by atoms with Crippen LogP contribution < -0.4 is 10.1 Å². The summed E-state index contributed by atoms with van der Waals surface area (Å²) < 4.78 is 20.6. The SMILES string of the molecule is CCNC1CC(c2ccc(Br)cc2)Oc2ccc(F)cc21. The number of fused-ring (bicyclic) bond motifs is 1. The minimum atomic E-state index is -0.220. The van der Waals surface area contributed by atoms with Crippen molar-refractivity contribution in [2.24, 2.45) is 0 Å². The Morgan fingerprint density at radius 1 is 1.24 bits per heavy atom. The van der Waals surface area contributed by atoms with E-state index in [9.17, 15) is 4.39 Å². The third-order valence-electron chi connectivity index (χ3n) is 3.76. The summed E-state index contributed by atoms with van der Waals surface area (Å²) in [5.41, 5.74) is 2.04. The van der Waals surface area contributed by atoms with Gasteiger partial charge in [0.05, 0.1) is 0 Å². The number of benzene rings is 2.